The molecule has 104 valence electrons. The van der Waals surface area contributed by atoms with Gasteiger partial charge >= 0.3 is 5.97 Å². The summed E-state index contributed by atoms with van der Waals surface area (Å²) in [4.78, 5) is 18.2. The SMILES string of the molecule is CCOC(=O)c1nnc(SC)nc1N1CCOCC1. The topological polar surface area (TPSA) is 77.4 Å². The van der Waals surface area contributed by atoms with Gasteiger partial charge in [-0.1, -0.05) is 11.8 Å². The van der Waals surface area contributed by atoms with Gasteiger partial charge in [-0.15, -0.1) is 10.2 Å². The Balaban J connectivity index is 2.32. The van der Waals surface area contributed by atoms with E-state index in [9.17, 15) is 4.79 Å². The van der Waals surface area contributed by atoms with Crippen molar-refractivity contribution < 1.29 is 14.3 Å². The Morgan fingerprint density at radius 1 is 1.42 bits per heavy atom. The van der Waals surface area contributed by atoms with E-state index in [1.165, 1.54) is 11.8 Å². The van der Waals surface area contributed by atoms with Crippen molar-refractivity contribution >= 4 is 23.5 Å². The molecular formula is C11H16N4O3S. The zero-order chi connectivity index (χ0) is 13.7. The van der Waals surface area contributed by atoms with Gasteiger partial charge in [-0.25, -0.2) is 9.78 Å². The highest BCUT2D eigenvalue weighted by atomic mass is 32.2. The molecule has 0 aliphatic carbocycles. The maximum Gasteiger partial charge on any atom is 0.362 e. The lowest BCUT2D eigenvalue weighted by atomic mass is 10.3. The van der Waals surface area contributed by atoms with Gasteiger partial charge in [0.15, 0.2) is 5.82 Å². The first kappa shape index (κ1) is 14.0. The van der Waals surface area contributed by atoms with Gasteiger partial charge < -0.3 is 14.4 Å². The Hall–Kier alpha value is -1.41. The number of nitrogens with zero attached hydrogens (tertiary/aromatic N) is 4. The van der Waals surface area contributed by atoms with E-state index in [1.54, 1.807) is 6.92 Å². The molecule has 0 radical (unpaired) electrons. The zero-order valence-corrected chi connectivity index (χ0v) is 11.8. The van der Waals surface area contributed by atoms with Crippen molar-refractivity contribution in [3.8, 4) is 0 Å². The van der Waals surface area contributed by atoms with Crippen molar-refractivity contribution in [1.82, 2.24) is 15.2 Å². The monoisotopic (exact) mass is 284 g/mol. The molecule has 0 aromatic carbocycles. The maximum absolute atomic E-state index is 11.9. The molecule has 1 saturated heterocycles. The zero-order valence-electron chi connectivity index (χ0n) is 11.0. The molecule has 1 aliphatic heterocycles. The fraction of sp³-hybridized carbons (Fsp3) is 0.636. The van der Waals surface area contributed by atoms with Crippen molar-refractivity contribution in [2.45, 2.75) is 12.1 Å². The highest BCUT2D eigenvalue weighted by Gasteiger charge is 2.24. The average Bonchev–Trinajstić information content (AvgIpc) is 2.47. The molecule has 0 amide bonds. The number of anilines is 1. The fourth-order valence-corrected chi connectivity index (χ4v) is 2.02. The Kier molecular flexibility index (Phi) is 4.92. The third kappa shape index (κ3) is 3.32. The number of morpholine rings is 1. The van der Waals surface area contributed by atoms with Crippen LogP contribution in [0.4, 0.5) is 5.82 Å². The summed E-state index contributed by atoms with van der Waals surface area (Å²) in [6, 6.07) is 0. The molecule has 0 saturated carbocycles. The first-order chi connectivity index (χ1) is 9.26. The molecule has 2 rings (SSSR count). The van der Waals surface area contributed by atoms with Gasteiger partial charge in [0, 0.05) is 13.1 Å². The molecule has 0 bridgehead atoms. The van der Waals surface area contributed by atoms with Crippen LogP contribution in [0.1, 0.15) is 17.4 Å². The van der Waals surface area contributed by atoms with E-state index in [0.717, 1.165) is 0 Å². The van der Waals surface area contributed by atoms with Crippen LogP contribution in [0.15, 0.2) is 5.16 Å². The summed E-state index contributed by atoms with van der Waals surface area (Å²) in [6.45, 7) is 4.64. The van der Waals surface area contributed by atoms with E-state index >= 15 is 0 Å². The number of rotatable bonds is 4. The molecule has 1 aromatic heterocycles. The van der Waals surface area contributed by atoms with Crippen molar-refractivity contribution in [3.05, 3.63) is 5.69 Å². The number of thioether (sulfide) groups is 1. The predicted molar refractivity (Wildman–Crippen MR) is 70.6 cm³/mol. The minimum atomic E-state index is -0.489. The summed E-state index contributed by atoms with van der Waals surface area (Å²) in [7, 11) is 0. The molecule has 2 heterocycles. The van der Waals surface area contributed by atoms with Crippen LogP contribution in [0, 0.1) is 0 Å². The third-order valence-corrected chi connectivity index (χ3v) is 3.15. The summed E-state index contributed by atoms with van der Waals surface area (Å²) >= 11 is 1.39. The maximum atomic E-state index is 11.9. The number of carbonyl (C=O) groups excluding carboxylic acids is 1. The molecule has 0 spiro atoms. The lowest BCUT2D eigenvalue weighted by Gasteiger charge is -2.28. The quantitative estimate of drug-likeness (QED) is 0.588. The Morgan fingerprint density at radius 3 is 2.79 bits per heavy atom. The van der Waals surface area contributed by atoms with Crippen molar-refractivity contribution in [3.63, 3.8) is 0 Å². The molecule has 8 heteroatoms. The second-order valence-corrected chi connectivity index (χ2v) is 4.56. The predicted octanol–water partition coefficient (Wildman–Crippen LogP) is 0.607. The van der Waals surface area contributed by atoms with E-state index in [0.29, 0.717) is 43.9 Å². The summed E-state index contributed by atoms with van der Waals surface area (Å²) < 4.78 is 10.3. The minimum absolute atomic E-state index is 0.168. The van der Waals surface area contributed by atoms with E-state index in [1.807, 2.05) is 11.2 Å². The first-order valence-corrected chi connectivity index (χ1v) is 7.27. The van der Waals surface area contributed by atoms with Crippen molar-refractivity contribution in [1.29, 1.82) is 0 Å². The summed E-state index contributed by atoms with van der Waals surface area (Å²) in [6.07, 6.45) is 1.87. The van der Waals surface area contributed by atoms with E-state index < -0.39 is 5.97 Å². The summed E-state index contributed by atoms with van der Waals surface area (Å²) in [5.41, 5.74) is 0.168. The third-order valence-electron chi connectivity index (χ3n) is 2.61. The van der Waals surface area contributed by atoms with Crippen LogP contribution < -0.4 is 4.90 Å². The minimum Gasteiger partial charge on any atom is -0.461 e. The second kappa shape index (κ2) is 6.67. The van der Waals surface area contributed by atoms with Gasteiger partial charge in [0.1, 0.15) is 0 Å². The Bertz CT molecular complexity index is 452. The van der Waals surface area contributed by atoms with Gasteiger partial charge in [-0.3, -0.25) is 0 Å². The standard InChI is InChI=1S/C11H16N4O3S/c1-3-18-10(16)8-9(12-11(19-2)14-13-8)15-4-6-17-7-5-15/h3-7H2,1-2H3. The van der Waals surface area contributed by atoms with Crippen LogP contribution in [0.25, 0.3) is 0 Å². The van der Waals surface area contributed by atoms with Gasteiger partial charge in [0.2, 0.25) is 10.9 Å². The van der Waals surface area contributed by atoms with E-state index in [2.05, 4.69) is 15.2 Å². The summed E-state index contributed by atoms with van der Waals surface area (Å²) in [5, 5.41) is 8.39. The number of esters is 1. The van der Waals surface area contributed by atoms with Crippen LogP contribution in [0.2, 0.25) is 0 Å². The molecule has 0 atom stereocenters. The molecule has 19 heavy (non-hydrogen) atoms. The highest BCUT2D eigenvalue weighted by molar-refractivity contribution is 7.98. The number of hydrogen-bond donors (Lipinski definition) is 0. The van der Waals surface area contributed by atoms with Gasteiger partial charge in [-0.05, 0) is 13.2 Å². The van der Waals surface area contributed by atoms with Crippen LogP contribution >= 0.6 is 11.8 Å². The Morgan fingerprint density at radius 2 is 2.16 bits per heavy atom. The molecular weight excluding hydrogens is 268 g/mol. The first-order valence-electron chi connectivity index (χ1n) is 6.04. The molecule has 7 nitrogen and oxygen atoms in total. The van der Waals surface area contributed by atoms with Crippen LogP contribution in [0.5, 0.6) is 0 Å². The van der Waals surface area contributed by atoms with Gasteiger partial charge in [-0.2, -0.15) is 0 Å². The number of aromatic nitrogens is 3. The molecule has 0 unspecified atom stereocenters. The van der Waals surface area contributed by atoms with Gasteiger partial charge in [0.05, 0.1) is 19.8 Å². The highest BCUT2D eigenvalue weighted by Crippen LogP contribution is 2.20. The molecule has 1 fully saturated rings. The smallest absolute Gasteiger partial charge is 0.362 e. The molecule has 1 aliphatic rings. The lowest BCUT2D eigenvalue weighted by molar-refractivity contribution is 0.0516. The Labute approximate surface area is 115 Å². The number of hydrogen-bond acceptors (Lipinski definition) is 8. The lowest BCUT2D eigenvalue weighted by Crippen LogP contribution is -2.38. The summed E-state index contributed by atoms with van der Waals surface area (Å²) in [5.74, 6) is 0.0396. The number of ether oxygens (including phenoxy) is 2. The molecule has 0 N–H and O–H groups in total. The fourth-order valence-electron chi connectivity index (χ4n) is 1.72. The van der Waals surface area contributed by atoms with Crippen LogP contribution in [-0.2, 0) is 9.47 Å². The average molecular weight is 284 g/mol. The molecule has 1 aromatic rings. The van der Waals surface area contributed by atoms with Crippen LogP contribution in [0.3, 0.4) is 0 Å². The van der Waals surface area contributed by atoms with E-state index in [4.69, 9.17) is 9.47 Å². The van der Waals surface area contributed by atoms with E-state index in [-0.39, 0.29) is 5.69 Å². The number of carbonyl (C=O) groups is 1. The van der Waals surface area contributed by atoms with Gasteiger partial charge in [0.25, 0.3) is 0 Å². The second-order valence-electron chi connectivity index (χ2n) is 3.79. The van der Waals surface area contributed by atoms with Crippen molar-refractivity contribution in [2.75, 3.05) is 44.1 Å². The largest absolute Gasteiger partial charge is 0.461 e. The normalized spacial score (nSPS) is 15.4. The van der Waals surface area contributed by atoms with Crippen molar-refractivity contribution in [2.24, 2.45) is 0 Å². The van der Waals surface area contributed by atoms with Crippen LogP contribution in [-0.4, -0.2) is 60.3 Å².